The number of nitrogens with one attached hydrogen (secondary N) is 1. The van der Waals surface area contributed by atoms with E-state index >= 15 is 0 Å². The quantitative estimate of drug-likeness (QED) is 0.921. The van der Waals surface area contributed by atoms with Crippen LogP contribution in [0.1, 0.15) is 11.1 Å². The standard InChI is InChI=1S/C13H20BrN3/c1-11-3-4-12(9-13(11)14)10-15-17-7-5-16(2)6-8-17/h3-4,9,15H,5-8,10H2,1-2H3. The molecule has 0 radical (unpaired) electrons. The second kappa shape index (κ2) is 5.96. The van der Waals surface area contributed by atoms with Crippen LogP contribution < -0.4 is 5.43 Å². The topological polar surface area (TPSA) is 18.5 Å². The third-order valence-electron chi connectivity index (χ3n) is 3.25. The fraction of sp³-hybridized carbons (Fsp3) is 0.538. The average Bonchev–Trinajstić information content (AvgIpc) is 2.33. The molecule has 0 atom stereocenters. The number of likely N-dealkylation sites (N-methyl/N-ethyl adjacent to an activating group) is 1. The van der Waals surface area contributed by atoms with Crippen LogP contribution in [0.15, 0.2) is 22.7 Å². The van der Waals surface area contributed by atoms with Gasteiger partial charge in [-0.15, -0.1) is 0 Å². The number of hydrogen-bond donors (Lipinski definition) is 1. The van der Waals surface area contributed by atoms with Crippen molar-refractivity contribution in [3.63, 3.8) is 0 Å². The summed E-state index contributed by atoms with van der Waals surface area (Å²) in [5, 5.41) is 2.31. The number of piperazine rings is 1. The lowest BCUT2D eigenvalue weighted by Gasteiger charge is -2.32. The molecule has 3 nitrogen and oxygen atoms in total. The summed E-state index contributed by atoms with van der Waals surface area (Å²) >= 11 is 3.57. The molecule has 1 aromatic rings. The molecule has 0 bridgehead atoms. The number of hydrazine groups is 1. The lowest BCUT2D eigenvalue weighted by Crippen LogP contribution is -2.50. The van der Waals surface area contributed by atoms with Crippen molar-refractivity contribution in [2.24, 2.45) is 0 Å². The van der Waals surface area contributed by atoms with Crippen LogP contribution in [0.4, 0.5) is 0 Å². The lowest BCUT2D eigenvalue weighted by molar-refractivity contribution is 0.102. The van der Waals surface area contributed by atoms with Gasteiger partial charge in [0.15, 0.2) is 0 Å². The summed E-state index contributed by atoms with van der Waals surface area (Å²) in [4.78, 5) is 2.36. The van der Waals surface area contributed by atoms with E-state index in [0.29, 0.717) is 0 Å². The zero-order valence-corrected chi connectivity index (χ0v) is 12.1. The maximum atomic E-state index is 3.57. The molecule has 4 heteroatoms. The molecule has 2 rings (SSSR count). The average molecular weight is 298 g/mol. The van der Waals surface area contributed by atoms with Crippen molar-refractivity contribution < 1.29 is 0 Å². The fourth-order valence-corrected chi connectivity index (χ4v) is 2.34. The van der Waals surface area contributed by atoms with Crippen LogP contribution in [-0.2, 0) is 6.54 Å². The molecule has 0 amide bonds. The Bertz CT molecular complexity index is 373. The molecule has 0 aromatic heterocycles. The maximum absolute atomic E-state index is 3.57. The van der Waals surface area contributed by atoms with Gasteiger partial charge in [-0.2, -0.15) is 0 Å². The summed E-state index contributed by atoms with van der Waals surface area (Å²) in [6.45, 7) is 7.51. The highest BCUT2D eigenvalue weighted by Gasteiger charge is 2.12. The van der Waals surface area contributed by atoms with E-state index in [9.17, 15) is 0 Å². The fourth-order valence-electron chi connectivity index (χ4n) is 1.91. The van der Waals surface area contributed by atoms with Gasteiger partial charge in [-0.3, -0.25) is 5.43 Å². The smallest absolute Gasteiger partial charge is 0.0353 e. The van der Waals surface area contributed by atoms with Crippen molar-refractivity contribution in [2.75, 3.05) is 33.2 Å². The molecule has 1 fully saturated rings. The molecular weight excluding hydrogens is 278 g/mol. The molecule has 0 saturated carbocycles. The number of aryl methyl sites for hydroxylation is 1. The normalized spacial score (nSPS) is 18.5. The lowest BCUT2D eigenvalue weighted by atomic mass is 10.1. The van der Waals surface area contributed by atoms with Crippen LogP contribution in [0.2, 0.25) is 0 Å². The van der Waals surface area contributed by atoms with E-state index in [1.807, 2.05) is 0 Å². The summed E-state index contributed by atoms with van der Waals surface area (Å²) in [7, 11) is 2.18. The van der Waals surface area contributed by atoms with Gasteiger partial charge >= 0.3 is 0 Å². The predicted octanol–water partition coefficient (Wildman–Crippen LogP) is 2.01. The van der Waals surface area contributed by atoms with E-state index in [1.54, 1.807) is 0 Å². The molecule has 1 aromatic carbocycles. The van der Waals surface area contributed by atoms with Crippen molar-refractivity contribution in [1.82, 2.24) is 15.3 Å². The second-order valence-electron chi connectivity index (χ2n) is 4.71. The first-order valence-corrected chi connectivity index (χ1v) is 6.86. The number of hydrogen-bond acceptors (Lipinski definition) is 3. The van der Waals surface area contributed by atoms with Crippen molar-refractivity contribution in [3.05, 3.63) is 33.8 Å². The van der Waals surface area contributed by atoms with Gasteiger partial charge < -0.3 is 4.90 Å². The van der Waals surface area contributed by atoms with Gasteiger partial charge in [-0.25, -0.2) is 5.01 Å². The Morgan fingerprint density at radius 2 is 1.94 bits per heavy atom. The number of benzene rings is 1. The van der Waals surface area contributed by atoms with Gasteiger partial charge in [0.25, 0.3) is 0 Å². The van der Waals surface area contributed by atoms with Crippen molar-refractivity contribution in [3.8, 4) is 0 Å². The second-order valence-corrected chi connectivity index (χ2v) is 5.56. The third-order valence-corrected chi connectivity index (χ3v) is 4.10. The van der Waals surface area contributed by atoms with E-state index < -0.39 is 0 Å². The minimum Gasteiger partial charge on any atom is -0.304 e. The van der Waals surface area contributed by atoms with Gasteiger partial charge in [-0.1, -0.05) is 28.1 Å². The van der Waals surface area contributed by atoms with E-state index in [1.165, 1.54) is 15.6 Å². The Kier molecular flexibility index (Phi) is 4.56. The minimum atomic E-state index is 0.905. The highest BCUT2D eigenvalue weighted by Crippen LogP contribution is 2.17. The van der Waals surface area contributed by atoms with Crippen LogP contribution in [0.25, 0.3) is 0 Å². The Balaban J connectivity index is 1.83. The van der Waals surface area contributed by atoms with E-state index in [-0.39, 0.29) is 0 Å². The van der Waals surface area contributed by atoms with Gasteiger partial charge in [0.05, 0.1) is 0 Å². The number of halogens is 1. The van der Waals surface area contributed by atoms with Crippen LogP contribution in [-0.4, -0.2) is 43.1 Å². The minimum absolute atomic E-state index is 0.905. The first kappa shape index (κ1) is 13.0. The molecule has 0 unspecified atom stereocenters. The van der Waals surface area contributed by atoms with Crippen LogP contribution >= 0.6 is 15.9 Å². The molecule has 17 heavy (non-hydrogen) atoms. The van der Waals surface area contributed by atoms with Gasteiger partial charge in [0.2, 0.25) is 0 Å². The first-order valence-electron chi connectivity index (χ1n) is 6.07. The Morgan fingerprint density at radius 3 is 2.59 bits per heavy atom. The number of rotatable bonds is 3. The zero-order valence-electron chi connectivity index (χ0n) is 10.5. The van der Waals surface area contributed by atoms with Gasteiger partial charge in [-0.05, 0) is 31.2 Å². The molecule has 0 spiro atoms. The monoisotopic (exact) mass is 297 g/mol. The van der Waals surface area contributed by atoms with Gasteiger partial charge in [0.1, 0.15) is 0 Å². The van der Waals surface area contributed by atoms with Crippen molar-refractivity contribution in [1.29, 1.82) is 0 Å². The molecule has 0 aliphatic carbocycles. The first-order chi connectivity index (χ1) is 8.15. The molecule has 1 saturated heterocycles. The van der Waals surface area contributed by atoms with Crippen LogP contribution in [0.3, 0.4) is 0 Å². The SMILES string of the molecule is Cc1ccc(CNN2CCN(C)CC2)cc1Br. The Hall–Kier alpha value is -0.420. The third kappa shape index (κ3) is 3.78. The molecule has 1 heterocycles. The summed E-state index contributed by atoms with van der Waals surface area (Å²) in [5.74, 6) is 0. The zero-order chi connectivity index (χ0) is 12.3. The number of nitrogens with zero attached hydrogens (tertiary/aromatic N) is 2. The molecule has 1 aliphatic rings. The van der Waals surface area contributed by atoms with E-state index in [4.69, 9.17) is 0 Å². The Labute approximate surface area is 112 Å². The largest absolute Gasteiger partial charge is 0.304 e. The molecule has 1 N–H and O–H groups in total. The summed E-state index contributed by atoms with van der Waals surface area (Å²) < 4.78 is 1.19. The van der Waals surface area contributed by atoms with Crippen molar-refractivity contribution in [2.45, 2.75) is 13.5 Å². The predicted molar refractivity (Wildman–Crippen MR) is 74.8 cm³/mol. The van der Waals surface area contributed by atoms with Crippen LogP contribution in [0.5, 0.6) is 0 Å². The molecule has 94 valence electrons. The van der Waals surface area contributed by atoms with Gasteiger partial charge in [0, 0.05) is 37.2 Å². The summed E-state index contributed by atoms with van der Waals surface area (Å²) in [6.07, 6.45) is 0. The maximum Gasteiger partial charge on any atom is 0.0353 e. The van der Waals surface area contributed by atoms with Crippen molar-refractivity contribution >= 4 is 15.9 Å². The molecule has 1 aliphatic heterocycles. The summed E-state index contributed by atoms with van der Waals surface area (Å²) in [6, 6.07) is 6.53. The Morgan fingerprint density at radius 1 is 1.24 bits per heavy atom. The summed E-state index contributed by atoms with van der Waals surface area (Å²) in [5.41, 5.74) is 6.10. The van der Waals surface area contributed by atoms with E-state index in [0.717, 1.165) is 32.7 Å². The highest BCUT2D eigenvalue weighted by atomic mass is 79.9. The van der Waals surface area contributed by atoms with E-state index in [2.05, 4.69) is 63.4 Å². The van der Waals surface area contributed by atoms with Crippen LogP contribution in [0, 0.1) is 6.92 Å². The highest BCUT2D eigenvalue weighted by molar-refractivity contribution is 9.10. The molecular formula is C13H20BrN3.